The molecular formula is C24H26FNO2. The van der Waals surface area contributed by atoms with Crippen LogP contribution in [0.3, 0.4) is 0 Å². The Morgan fingerprint density at radius 2 is 1.75 bits per heavy atom. The van der Waals surface area contributed by atoms with Crippen molar-refractivity contribution in [1.82, 2.24) is 4.98 Å². The van der Waals surface area contributed by atoms with Gasteiger partial charge in [0.1, 0.15) is 11.6 Å². The molecule has 28 heavy (non-hydrogen) atoms. The van der Waals surface area contributed by atoms with Crippen molar-refractivity contribution >= 4 is 0 Å². The quantitative estimate of drug-likeness (QED) is 0.656. The van der Waals surface area contributed by atoms with Crippen molar-refractivity contribution in [2.45, 2.75) is 39.0 Å². The third-order valence-corrected chi connectivity index (χ3v) is 4.90. The number of hydrogen-bond donors (Lipinski definition) is 1. The molecular weight excluding hydrogens is 353 g/mol. The topological polar surface area (TPSA) is 42.1 Å². The third-order valence-electron chi connectivity index (χ3n) is 4.90. The summed E-state index contributed by atoms with van der Waals surface area (Å²) in [5, 5.41) is 0. The van der Waals surface area contributed by atoms with E-state index in [0.29, 0.717) is 5.56 Å². The van der Waals surface area contributed by atoms with E-state index in [-0.39, 0.29) is 16.8 Å². The monoisotopic (exact) mass is 379 g/mol. The standard InChI is InChI=1S/C24H26FNO2/c1-24(2,3)21-15-18(20-6-5-13-26-23(20)27)14-17(22(21)28-4)10-7-16-8-11-19(25)12-9-16/h5-6,8-9,11-15H,7,10H2,1-4H3,(H,26,27). The maximum Gasteiger partial charge on any atom is 0.255 e. The maximum absolute atomic E-state index is 13.2. The number of pyridine rings is 1. The van der Waals surface area contributed by atoms with Gasteiger partial charge in [0.25, 0.3) is 5.56 Å². The molecule has 2 aromatic carbocycles. The van der Waals surface area contributed by atoms with Crippen molar-refractivity contribution in [1.29, 1.82) is 0 Å². The van der Waals surface area contributed by atoms with Crippen LogP contribution in [0.5, 0.6) is 5.75 Å². The van der Waals surface area contributed by atoms with Gasteiger partial charge in [-0.1, -0.05) is 32.9 Å². The van der Waals surface area contributed by atoms with Gasteiger partial charge in [-0.2, -0.15) is 0 Å². The molecule has 0 aliphatic carbocycles. The maximum atomic E-state index is 13.2. The van der Waals surface area contributed by atoms with E-state index >= 15 is 0 Å². The first-order valence-electron chi connectivity index (χ1n) is 9.43. The second kappa shape index (κ2) is 8.01. The minimum absolute atomic E-state index is 0.114. The summed E-state index contributed by atoms with van der Waals surface area (Å²) in [5.41, 5.74) is 4.41. The van der Waals surface area contributed by atoms with Gasteiger partial charge >= 0.3 is 0 Å². The second-order valence-electron chi connectivity index (χ2n) is 8.01. The van der Waals surface area contributed by atoms with Crippen molar-refractivity contribution in [2.75, 3.05) is 7.11 Å². The number of halogens is 1. The Bertz CT molecular complexity index is 1010. The lowest BCUT2D eigenvalue weighted by molar-refractivity contribution is 0.392. The van der Waals surface area contributed by atoms with E-state index in [1.807, 2.05) is 24.3 Å². The molecule has 0 saturated heterocycles. The van der Waals surface area contributed by atoms with Crippen molar-refractivity contribution < 1.29 is 9.13 Å². The molecule has 0 saturated carbocycles. The van der Waals surface area contributed by atoms with Crippen molar-refractivity contribution in [3.8, 4) is 16.9 Å². The first-order valence-corrected chi connectivity index (χ1v) is 9.43. The molecule has 0 fully saturated rings. The summed E-state index contributed by atoms with van der Waals surface area (Å²) in [4.78, 5) is 15.1. The molecule has 0 aliphatic rings. The molecule has 0 amide bonds. The largest absolute Gasteiger partial charge is 0.496 e. The van der Waals surface area contributed by atoms with Crippen LogP contribution >= 0.6 is 0 Å². The highest BCUT2D eigenvalue weighted by molar-refractivity contribution is 5.67. The number of benzene rings is 2. The minimum Gasteiger partial charge on any atom is -0.496 e. The van der Waals surface area contributed by atoms with Crippen LogP contribution in [0.1, 0.15) is 37.5 Å². The zero-order valence-corrected chi connectivity index (χ0v) is 16.8. The molecule has 0 unspecified atom stereocenters. The molecule has 1 aromatic heterocycles. The summed E-state index contributed by atoms with van der Waals surface area (Å²) < 4.78 is 19.0. The zero-order chi connectivity index (χ0) is 20.3. The SMILES string of the molecule is COc1c(CCc2ccc(F)cc2)cc(-c2ccc[nH]c2=O)cc1C(C)(C)C. The molecule has 0 aliphatic heterocycles. The van der Waals surface area contributed by atoms with Gasteiger partial charge in [0.05, 0.1) is 7.11 Å². The molecule has 4 heteroatoms. The first kappa shape index (κ1) is 19.9. The summed E-state index contributed by atoms with van der Waals surface area (Å²) in [7, 11) is 1.68. The van der Waals surface area contributed by atoms with Crippen molar-refractivity contribution in [3.63, 3.8) is 0 Å². The Balaban J connectivity index is 2.08. The van der Waals surface area contributed by atoms with Crippen molar-refractivity contribution in [2.24, 2.45) is 0 Å². The van der Waals surface area contributed by atoms with Crippen LogP contribution in [0.4, 0.5) is 4.39 Å². The van der Waals surface area contributed by atoms with E-state index in [0.717, 1.165) is 40.8 Å². The fourth-order valence-electron chi connectivity index (χ4n) is 3.41. The molecule has 1 heterocycles. The zero-order valence-electron chi connectivity index (χ0n) is 16.8. The van der Waals surface area contributed by atoms with E-state index in [1.165, 1.54) is 12.1 Å². The highest BCUT2D eigenvalue weighted by Crippen LogP contribution is 2.38. The minimum atomic E-state index is -0.235. The molecule has 146 valence electrons. The molecule has 0 atom stereocenters. The highest BCUT2D eigenvalue weighted by atomic mass is 19.1. The summed E-state index contributed by atoms with van der Waals surface area (Å²) >= 11 is 0. The van der Waals surface area contributed by atoms with Crippen LogP contribution in [-0.4, -0.2) is 12.1 Å². The van der Waals surface area contributed by atoms with Crippen LogP contribution in [0, 0.1) is 5.82 Å². The molecule has 3 nitrogen and oxygen atoms in total. The number of ether oxygens (including phenoxy) is 1. The van der Waals surface area contributed by atoms with Gasteiger partial charge in [-0.25, -0.2) is 4.39 Å². The Kier molecular flexibility index (Phi) is 5.68. The predicted molar refractivity (Wildman–Crippen MR) is 112 cm³/mol. The predicted octanol–water partition coefficient (Wildman–Crippen LogP) is 5.27. The first-order chi connectivity index (χ1) is 13.3. The van der Waals surface area contributed by atoms with E-state index in [9.17, 15) is 9.18 Å². The Morgan fingerprint density at radius 1 is 1.04 bits per heavy atom. The van der Waals surface area contributed by atoms with E-state index < -0.39 is 0 Å². The number of aromatic nitrogens is 1. The second-order valence-corrected chi connectivity index (χ2v) is 8.01. The van der Waals surface area contributed by atoms with Crippen LogP contribution < -0.4 is 10.3 Å². The van der Waals surface area contributed by atoms with Crippen LogP contribution in [-0.2, 0) is 18.3 Å². The summed E-state index contributed by atoms with van der Waals surface area (Å²) in [5.74, 6) is 0.618. The molecule has 3 aromatic rings. The lowest BCUT2D eigenvalue weighted by Gasteiger charge is -2.25. The van der Waals surface area contributed by atoms with E-state index in [2.05, 4.69) is 25.8 Å². The molecule has 0 bridgehead atoms. The number of aryl methyl sites for hydroxylation is 2. The van der Waals surface area contributed by atoms with Crippen LogP contribution in [0.2, 0.25) is 0 Å². The lowest BCUT2D eigenvalue weighted by atomic mass is 9.82. The fourth-order valence-corrected chi connectivity index (χ4v) is 3.41. The Labute approximate surface area is 165 Å². The van der Waals surface area contributed by atoms with E-state index in [4.69, 9.17) is 4.74 Å². The lowest BCUT2D eigenvalue weighted by Crippen LogP contribution is -2.15. The van der Waals surface area contributed by atoms with Gasteiger partial charge in [0.2, 0.25) is 0 Å². The molecule has 0 spiro atoms. The number of rotatable bonds is 5. The van der Waals surface area contributed by atoms with Crippen LogP contribution in [0.25, 0.3) is 11.1 Å². The molecule has 3 rings (SSSR count). The van der Waals surface area contributed by atoms with Gasteiger partial charge in [-0.3, -0.25) is 4.79 Å². The number of H-pyrrole nitrogens is 1. The number of hydrogen-bond acceptors (Lipinski definition) is 2. The van der Waals surface area contributed by atoms with Crippen LogP contribution in [0.15, 0.2) is 59.5 Å². The van der Waals surface area contributed by atoms with Crippen molar-refractivity contribution in [3.05, 3.63) is 87.6 Å². The normalized spacial score (nSPS) is 11.5. The Hall–Kier alpha value is -2.88. The number of aromatic amines is 1. The van der Waals surface area contributed by atoms with Gasteiger partial charge in [0.15, 0.2) is 0 Å². The summed E-state index contributed by atoms with van der Waals surface area (Å²) in [6, 6.07) is 14.3. The summed E-state index contributed by atoms with van der Waals surface area (Å²) in [6.07, 6.45) is 3.13. The smallest absolute Gasteiger partial charge is 0.255 e. The Morgan fingerprint density at radius 3 is 2.36 bits per heavy atom. The average molecular weight is 379 g/mol. The van der Waals surface area contributed by atoms with Gasteiger partial charge < -0.3 is 9.72 Å². The molecule has 1 N–H and O–H groups in total. The van der Waals surface area contributed by atoms with E-state index in [1.54, 1.807) is 25.4 Å². The fraction of sp³-hybridized carbons (Fsp3) is 0.292. The van der Waals surface area contributed by atoms with Gasteiger partial charge in [-0.15, -0.1) is 0 Å². The number of nitrogens with one attached hydrogen (secondary N) is 1. The average Bonchev–Trinajstić information content (AvgIpc) is 2.66. The third kappa shape index (κ3) is 4.33. The summed E-state index contributed by atoms with van der Waals surface area (Å²) in [6.45, 7) is 6.40. The molecule has 0 radical (unpaired) electrons. The van der Waals surface area contributed by atoms with Gasteiger partial charge in [-0.05, 0) is 71.3 Å². The van der Waals surface area contributed by atoms with Gasteiger partial charge in [0, 0.05) is 17.3 Å². The highest BCUT2D eigenvalue weighted by Gasteiger charge is 2.23. The number of methoxy groups -OCH3 is 1.